The van der Waals surface area contributed by atoms with E-state index in [0.29, 0.717) is 0 Å². The molecule has 1 nitrogen and oxygen atoms in total. The summed E-state index contributed by atoms with van der Waals surface area (Å²) in [6.07, 6.45) is 15.3. The molecule has 28 heavy (non-hydrogen) atoms. The first-order chi connectivity index (χ1) is 13.7. The Balaban J connectivity index is 0.000000567. The van der Waals surface area contributed by atoms with Crippen molar-refractivity contribution >= 4 is 12.7 Å². The summed E-state index contributed by atoms with van der Waals surface area (Å²) in [6.45, 7) is 17.3. The molecular weight excluding hydrogens is 337 g/mol. The maximum absolute atomic E-state index is 2.33. The normalized spacial score (nSPS) is 11.2. The molecule has 0 aliphatic heterocycles. The lowest BCUT2D eigenvalue weighted by Crippen LogP contribution is -2.50. The maximum Gasteiger partial charge on any atom is 0.0786 e. The SMILES string of the molecule is CCCC[BH2-]c1ccccc1.CCCC[N+](CCCC)(CCCC)CCCC. The predicted molar refractivity (Wildman–Crippen MR) is 134 cm³/mol. The van der Waals surface area contributed by atoms with Crippen molar-refractivity contribution in [1.82, 2.24) is 0 Å². The summed E-state index contributed by atoms with van der Waals surface area (Å²) < 4.78 is 1.42. The molecule has 1 aromatic carbocycles. The van der Waals surface area contributed by atoms with Crippen molar-refractivity contribution in [1.29, 1.82) is 0 Å². The lowest BCUT2D eigenvalue weighted by molar-refractivity contribution is -0.929. The molecule has 0 aliphatic rings. The fraction of sp³-hybridized carbons (Fsp3) is 0.769. The van der Waals surface area contributed by atoms with Gasteiger partial charge in [-0.1, -0.05) is 103 Å². The molecule has 1 aromatic rings. The smallest absolute Gasteiger partial charge is 0.0786 e. The van der Waals surface area contributed by atoms with Gasteiger partial charge in [-0.2, -0.15) is 6.32 Å². The number of hydrogen-bond donors (Lipinski definition) is 0. The van der Waals surface area contributed by atoms with Crippen LogP contribution in [-0.2, 0) is 0 Å². The summed E-state index contributed by atoms with van der Waals surface area (Å²) in [5.41, 5.74) is 1.60. The van der Waals surface area contributed by atoms with Gasteiger partial charge >= 0.3 is 0 Å². The van der Waals surface area contributed by atoms with Crippen LogP contribution in [0, 0.1) is 0 Å². The zero-order valence-corrected chi connectivity index (χ0v) is 20.4. The highest BCUT2D eigenvalue weighted by Crippen LogP contribution is 2.16. The van der Waals surface area contributed by atoms with E-state index in [-0.39, 0.29) is 7.28 Å². The maximum atomic E-state index is 2.33. The fourth-order valence-corrected chi connectivity index (χ4v) is 4.23. The third-order valence-corrected chi connectivity index (χ3v) is 6.25. The largest absolute Gasteiger partial charge is 0.324 e. The van der Waals surface area contributed by atoms with Crippen LogP contribution < -0.4 is 5.46 Å². The summed E-state index contributed by atoms with van der Waals surface area (Å²) in [5, 5.41) is 0. The van der Waals surface area contributed by atoms with Crippen molar-refractivity contribution in [3.05, 3.63) is 30.3 Å². The van der Waals surface area contributed by atoms with Crippen LogP contribution in [0.1, 0.15) is 98.8 Å². The Morgan fingerprint density at radius 3 is 1.32 bits per heavy atom. The second-order valence-corrected chi connectivity index (χ2v) is 9.01. The Kier molecular flexibility index (Phi) is 19.0. The highest BCUT2D eigenvalue weighted by Gasteiger charge is 2.24. The summed E-state index contributed by atoms with van der Waals surface area (Å²) in [7, 11) is 0.194. The standard InChI is InChI=1S/C16H36N.C10H16B/c1-5-9-13-17(14-10-6-2,15-11-7-3)16-12-8-4;1-2-3-9-11-10-7-5-4-6-8-10/h5-16H2,1-4H3;4-8H,2-3,9,11H2,1H3/q+1;-1. The third kappa shape index (κ3) is 14.3. The highest BCUT2D eigenvalue weighted by atomic mass is 15.3. The zero-order valence-electron chi connectivity index (χ0n) is 20.4. The van der Waals surface area contributed by atoms with E-state index < -0.39 is 0 Å². The zero-order chi connectivity index (χ0) is 20.9. The molecule has 0 heterocycles. The molecule has 0 amide bonds. The lowest BCUT2D eigenvalue weighted by Gasteiger charge is -2.39. The first kappa shape index (κ1) is 27.2. The predicted octanol–water partition coefficient (Wildman–Crippen LogP) is 6.70. The Morgan fingerprint density at radius 2 is 0.964 bits per heavy atom. The Bertz CT molecular complexity index is 380. The van der Waals surface area contributed by atoms with Crippen molar-refractivity contribution in [3.63, 3.8) is 0 Å². The Labute approximate surface area is 179 Å². The van der Waals surface area contributed by atoms with Gasteiger partial charge in [-0.25, -0.2) is 5.46 Å². The van der Waals surface area contributed by atoms with Gasteiger partial charge in [0.05, 0.1) is 26.2 Å². The van der Waals surface area contributed by atoms with Crippen LogP contribution in [0.15, 0.2) is 30.3 Å². The molecule has 0 bridgehead atoms. The number of nitrogens with zero attached hydrogens (tertiary/aromatic N) is 1. The summed E-state index contributed by atoms with van der Waals surface area (Å²) >= 11 is 0. The minimum atomic E-state index is 0.194. The molecule has 0 saturated heterocycles. The number of hydrogen-bond acceptors (Lipinski definition) is 0. The molecule has 0 N–H and O–H groups in total. The van der Waals surface area contributed by atoms with Crippen molar-refractivity contribution in [2.75, 3.05) is 26.2 Å². The molecule has 1 rings (SSSR count). The van der Waals surface area contributed by atoms with Gasteiger partial charge in [-0.15, -0.1) is 0 Å². The van der Waals surface area contributed by atoms with Crippen LogP contribution in [0.3, 0.4) is 0 Å². The Hall–Kier alpha value is -0.755. The highest BCUT2D eigenvalue weighted by molar-refractivity contribution is 6.53. The van der Waals surface area contributed by atoms with E-state index in [4.69, 9.17) is 0 Å². The average Bonchev–Trinajstić information content (AvgIpc) is 2.74. The van der Waals surface area contributed by atoms with Crippen LogP contribution in [0.4, 0.5) is 0 Å². The third-order valence-electron chi connectivity index (χ3n) is 6.25. The van der Waals surface area contributed by atoms with Gasteiger partial charge in [-0.05, 0) is 33.0 Å². The van der Waals surface area contributed by atoms with Gasteiger partial charge in [0, 0.05) is 0 Å². The molecule has 0 aliphatic carbocycles. The number of quaternary nitrogens is 1. The van der Waals surface area contributed by atoms with Gasteiger partial charge in [0.25, 0.3) is 0 Å². The minimum absolute atomic E-state index is 0.194. The minimum Gasteiger partial charge on any atom is -0.324 e. The average molecular weight is 390 g/mol. The molecular formula is C26H52BN. The van der Waals surface area contributed by atoms with Gasteiger partial charge < -0.3 is 4.48 Å². The van der Waals surface area contributed by atoms with Crippen LogP contribution in [0.25, 0.3) is 0 Å². The van der Waals surface area contributed by atoms with Crippen molar-refractivity contribution in [2.45, 2.75) is 105 Å². The molecule has 0 saturated carbocycles. The van der Waals surface area contributed by atoms with Crippen LogP contribution in [-0.4, -0.2) is 37.9 Å². The van der Waals surface area contributed by atoms with E-state index in [1.54, 1.807) is 5.46 Å². The Morgan fingerprint density at radius 1 is 0.571 bits per heavy atom. The van der Waals surface area contributed by atoms with Crippen molar-refractivity contribution in [2.24, 2.45) is 0 Å². The van der Waals surface area contributed by atoms with E-state index in [9.17, 15) is 0 Å². The summed E-state index contributed by atoms with van der Waals surface area (Å²) in [4.78, 5) is 0. The monoisotopic (exact) mass is 389 g/mol. The molecule has 0 atom stereocenters. The van der Waals surface area contributed by atoms with E-state index in [2.05, 4.69) is 65.0 Å². The van der Waals surface area contributed by atoms with E-state index in [1.807, 2.05) is 0 Å². The van der Waals surface area contributed by atoms with Crippen molar-refractivity contribution in [3.8, 4) is 0 Å². The second kappa shape index (κ2) is 19.6. The fourth-order valence-electron chi connectivity index (χ4n) is 4.23. The number of benzene rings is 1. The van der Waals surface area contributed by atoms with E-state index >= 15 is 0 Å². The molecule has 0 unspecified atom stereocenters. The van der Waals surface area contributed by atoms with E-state index in [1.165, 1.54) is 101 Å². The van der Waals surface area contributed by atoms with Gasteiger partial charge in [-0.3, -0.25) is 0 Å². The van der Waals surface area contributed by atoms with E-state index in [0.717, 1.165) is 0 Å². The molecule has 2 heteroatoms. The summed E-state index contributed by atoms with van der Waals surface area (Å²) in [5.74, 6) is 0. The molecule has 0 radical (unpaired) electrons. The summed E-state index contributed by atoms with van der Waals surface area (Å²) in [6, 6.07) is 10.9. The van der Waals surface area contributed by atoms with Gasteiger partial charge in [0.2, 0.25) is 0 Å². The van der Waals surface area contributed by atoms with Gasteiger partial charge in [0.15, 0.2) is 0 Å². The molecule has 0 aromatic heterocycles. The number of rotatable bonds is 16. The second-order valence-electron chi connectivity index (χ2n) is 9.01. The van der Waals surface area contributed by atoms with Crippen LogP contribution in [0.2, 0.25) is 6.32 Å². The quantitative estimate of drug-likeness (QED) is 0.168. The van der Waals surface area contributed by atoms with Crippen LogP contribution in [0.5, 0.6) is 0 Å². The lowest BCUT2D eigenvalue weighted by atomic mass is 9.66. The van der Waals surface area contributed by atoms with Gasteiger partial charge in [0.1, 0.15) is 0 Å². The molecule has 0 fully saturated rings. The molecule has 0 spiro atoms. The first-order valence-corrected chi connectivity index (χ1v) is 12.9. The molecule has 164 valence electrons. The van der Waals surface area contributed by atoms with Crippen LogP contribution >= 0.6 is 0 Å². The van der Waals surface area contributed by atoms with Crippen molar-refractivity contribution < 1.29 is 4.48 Å². The topological polar surface area (TPSA) is 0 Å². The first-order valence-electron chi connectivity index (χ1n) is 12.9. The number of unbranched alkanes of at least 4 members (excludes halogenated alkanes) is 5.